The van der Waals surface area contributed by atoms with Crippen molar-refractivity contribution in [3.05, 3.63) is 0 Å². The number of carboxylic acid groups (broad SMARTS) is 1. The molecule has 0 aliphatic rings. The van der Waals surface area contributed by atoms with E-state index in [1.807, 2.05) is 13.8 Å². The normalized spacial score (nSPS) is 14.2. The minimum absolute atomic E-state index is 0.202. The van der Waals surface area contributed by atoms with Crippen molar-refractivity contribution in [2.24, 2.45) is 0 Å². The Balaban J connectivity index is 4.43. The lowest BCUT2D eigenvalue weighted by molar-refractivity contribution is -0.136. The molecule has 2 atom stereocenters. The highest BCUT2D eigenvalue weighted by molar-refractivity contribution is 7.87. The Morgan fingerprint density at radius 2 is 1.75 bits per heavy atom. The summed E-state index contributed by atoms with van der Waals surface area (Å²) in [5.74, 6) is -1.55. The fraction of sp³-hybridized carbons (Fsp3) is 0.800. The fourth-order valence-electron chi connectivity index (χ4n) is 1.36. The van der Waals surface area contributed by atoms with Crippen LogP contribution in [0.4, 0.5) is 0 Å². The highest BCUT2D eigenvalue weighted by Gasteiger charge is 2.25. The van der Waals surface area contributed by atoms with E-state index < -0.39 is 22.0 Å². The quantitative estimate of drug-likeness (QED) is 0.711. The number of carbonyl (C=O) groups excluding carboxylic acids is 1. The SMILES string of the molecule is CCC(C(=O)O)S(=O)CC(=O)N(CC)CC. The topological polar surface area (TPSA) is 74.7 Å². The van der Waals surface area contributed by atoms with Gasteiger partial charge in [-0.15, -0.1) is 0 Å². The molecule has 0 fully saturated rings. The summed E-state index contributed by atoms with van der Waals surface area (Å²) in [6.45, 7) is 6.42. The van der Waals surface area contributed by atoms with Crippen LogP contribution in [0.15, 0.2) is 0 Å². The first-order valence-electron chi connectivity index (χ1n) is 5.35. The zero-order chi connectivity index (χ0) is 12.7. The summed E-state index contributed by atoms with van der Waals surface area (Å²) >= 11 is 0. The molecule has 5 nitrogen and oxygen atoms in total. The highest BCUT2D eigenvalue weighted by atomic mass is 32.2. The Hall–Kier alpha value is -0.910. The van der Waals surface area contributed by atoms with Gasteiger partial charge < -0.3 is 10.0 Å². The standard InChI is InChI=1S/C10H19NO4S/c1-4-8(10(13)14)16(15)7-9(12)11(5-2)6-3/h8H,4-7H2,1-3H3,(H,13,14). The minimum Gasteiger partial charge on any atom is -0.480 e. The summed E-state index contributed by atoms with van der Waals surface area (Å²) in [5, 5.41) is 7.85. The van der Waals surface area contributed by atoms with E-state index in [0.717, 1.165) is 0 Å². The summed E-state index contributed by atoms with van der Waals surface area (Å²) in [4.78, 5) is 23.9. The summed E-state index contributed by atoms with van der Waals surface area (Å²) in [6, 6.07) is 0. The number of carbonyl (C=O) groups is 2. The second-order valence-electron chi connectivity index (χ2n) is 3.33. The number of hydrogen-bond donors (Lipinski definition) is 1. The maximum atomic E-state index is 11.6. The second kappa shape index (κ2) is 7.38. The Kier molecular flexibility index (Phi) is 6.96. The molecule has 94 valence electrons. The van der Waals surface area contributed by atoms with Crippen molar-refractivity contribution in [3.8, 4) is 0 Å². The van der Waals surface area contributed by atoms with Crippen LogP contribution in [0, 0.1) is 0 Å². The molecule has 6 heteroatoms. The molecule has 0 aromatic heterocycles. The maximum Gasteiger partial charge on any atom is 0.319 e. The van der Waals surface area contributed by atoms with Crippen molar-refractivity contribution in [2.75, 3.05) is 18.8 Å². The van der Waals surface area contributed by atoms with Crippen LogP contribution in [0.3, 0.4) is 0 Å². The summed E-state index contributed by atoms with van der Waals surface area (Å²) in [5.41, 5.74) is 0. The molecule has 0 radical (unpaired) electrons. The first-order valence-corrected chi connectivity index (χ1v) is 6.73. The molecular formula is C10H19NO4S. The number of aliphatic carboxylic acids is 1. The summed E-state index contributed by atoms with van der Waals surface area (Å²) in [7, 11) is -1.63. The van der Waals surface area contributed by atoms with E-state index in [1.165, 1.54) is 0 Å². The number of rotatable bonds is 7. The van der Waals surface area contributed by atoms with Crippen LogP contribution in [0.25, 0.3) is 0 Å². The minimum atomic E-state index is -1.63. The highest BCUT2D eigenvalue weighted by Crippen LogP contribution is 2.04. The van der Waals surface area contributed by atoms with Crippen LogP contribution < -0.4 is 0 Å². The van der Waals surface area contributed by atoms with Gasteiger partial charge in [-0.05, 0) is 20.3 Å². The molecular weight excluding hydrogens is 230 g/mol. The van der Waals surface area contributed by atoms with Crippen molar-refractivity contribution in [2.45, 2.75) is 32.4 Å². The van der Waals surface area contributed by atoms with Gasteiger partial charge in [0.2, 0.25) is 5.91 Å². The molecule has 0 aromatic rings. The molecule has 0 heterocycles. The first-order chi connectivity index (χ1) is 7.47. The molecule has 0 saturated carbocycles. The molecule has 16 heavy (non-hydrogen) atoms. The zero-order valence-corrected chi connectivity index (χ0v) is 10.7. The fourth-order valence-corrected chi connectivity index (χ4v) is 2.59. The lowest BCUT2D eigenvalue weighted by Crippen LogP contribution is -2.37. The van der Waals surface area contributed by atoms with Gasteiger partial charge in [0, 0.05) is 23.9 Å². The van der Waals surface area contributed by atoms with E-state index in [4.69, 9.17) is 5.11 Å². The average Bonchev–Trinajstić information content (AvgIpc) is 2.19. The molecule has 0 aliphatic heterocycles. The van der Waals surface area contributed by atoms with E-state index in [0.29, 0.717) is 13.1 Å². The molecule has 0 aromatic carbocycles. The third-order valence-corrected chi connectivity index (χ3v) is 4.05. The van der Waals surface area contributed by atoms with Gasteiger partial charge in [-0.25, -0.2) is 0 Å². The lowest BCUT2D eigenvalue weighted by Gasteiger charge is -2.19. The maximum absolute atomic E-state index is 11.6. The van der Waals surface area contributed by atoms with Crippen molar-refractivity contribution in [1.82, 2.24) is 4.90 Å². The van der Waals surface area contributed by atoms with E-state index in [1.54, 1.807) is 11.8 Å². The van der Waals surface area contributed by atoms with Gasteiger partial charge in [0.1, 0.15) is 11.0 Å². The Morgan fingerprint density at radius 3 is 2.06 bits per heavy atom. The number of carboxylic acids is 1. The third kappa shape index (κ3) is 4.30. The predicted molar refractivity (Wildman–Crippen MR) is 62.7 cm³/mol. The molecule has 0 bridgehead atoms. The molecule has 1 amide bonds. The zero-order valence-electron chi connectivity index (χ0n) is 9.93. The van der Waals surface area contributed by atoms with Gasteiger partial charge in [0.25, 0.3) is 0 Å². The lowest BCUT2D eigenvalue weighted by atomic mass is 10.3. The molecule has 1 N–H and O–H groups in total. The molecule has 0 aliphatic carbocycles. The summed E-state index contributed by atoms with van der Waals surface area (Å²) < 4.78 is 11.6. The van der Waals surface area contributed by atoms with Crippen molar-refractivity contribution < 1.29 is 18.9 Å². The van der Waals surface area contributed by atoms with Gasteiger partial charge in [0.15, 0.2) is 0 Å². The van der Waals surface area contributed by atoms with Crippen LogP contribution in [-0.2, 0) is 20.4 Å². The predicted octanol–water partition coefficient (Wildman–Crippen LogP) is 0.467. The summed E-state index contributed by atoms with van der Waals surface area (Å²) in [6.07, 6.45) is 0.271. The van der Waals surface area contributed by atoms with Crippen molar-refractivity contribution in [3.63, 3.8) is 0 Å². The molecule has 0 rings (SSSR count). The molecule has 0 spiro atoms. The largest absolute Gasteiger partial charge is 0.480 e. The van der Waals surface area contributed by atoms with Gasteiger partial charge in [-0.3, -0.25) is 13.8 Å². The number of hydrogen-bond acceptors (Lipinski definition) is 3. The van der Waals surface area contributed by atoms with Gasteiger partial charge in [0.05, 0.1) is 0 Å². The first kappa shape index (κ1) is 15.1. The van der Waals surface area contributed by atoms with Crippen LogP contribution in [0.2, 0.25) is 0 Å². The van der Waals surface area contributed by atoms with Gasteiger partial charge in [-0.1, -0.05) is 6.92 Å². The van der Waals surface area contributed by atoms with Crippen molar-refractivity contribution >= 4 is 22.7 Å². The van der Waals surface area contributed by atoms with Gasteiger partial charge in [-0.2, -0.15) is 0 Å². The van der Waals surface area contributed by atoms with E-state index >= 15 is 0 Å². The van der Waals surface area contributed by atoms with Crippen molar-refractivity contribution in [1.29, 1.82) is 0 Å². The van der Waals surface area contributed by atoms with E-state index in [9.17, 15) is 13.8 Å². The van der Waals surface area contributed by atoms with Crippen LogP contribution >= 0.6 is 0 Å². The molecule has 0 saturated heterocycles. The smallest absolute Gasteiger partial charge is 0.319 e. The average molecular weight is 249 g/mol. The third-order valence-electron chi connectivity index (χ3n) is 2.35. The monoisotopic (exact) mass is 249 g/mol. The van der Waals surface area contributed by atoms with E-state index in [2.05, 4.69) is 0 Å². The Labute approximate surface area is 98.3 Å². The Morgan fingerprint density at radius 1 is 1.25 bits per heavy atom. The van der Waals surface area contributed by atoms with E-state index in [-0.39, 0.29) is 18.1 Å². The van der Waals surface area contributed by atoms with Crippen LogP contribution in [0.1, 0.15) is 27.2 Å². The van der Waals surface area contributed by atoms with Crippen LogP contribution in [-0.4, -0.2) is 50.2 Å². The second-order valence-corrected chi connectivity index (χ2v) is 4.95. The molecule has 2 unspecified atom stereocenters. The van der Waals surface area contributed by atoms with Crippen LogP contribution in [0.5, 0.6) is 0 Å². The van der Waals surface area contributed by atoms with Gasteiger partial charge >= 0.3 is 5.97 Å². The number of amides is 1. The Bertz CT molecular complexity index is 276. The number of nitrogens with zero attached hydrogens (tertiary/aromatic N) is 1.